The molecule has 112 valence electrons. The van der Waals surface area contributed by atoms with Gasteiger partial charge in [-0.15, -0.1) is 0 Å². The third kappa shape index (κ3) is 3.85. The molecule has 0 saturated heterocycles. The van der Waals surface area contributed by atoms with Crippen LogP contribution in [-0.4, -0.2) is 6.04 Å². The van der Waals surface area contributed by atoms with Crippen LogP contribution in [-0.2, 0) is 12.6 Å². The van der Waals surface area contributed by atoms with Gasteiger partial charge < -0.3 is 5.73 Å². The SMILES string of the molecule is CCC(N)Cc1ccccc1-c1ccc(C(F)(F)F)cc1. The maximum Gasteiger partial charge on any atom is 0.416 e. The first-order chi connectivity index (χ1) is 9.91. The van der Waals surface area contributed by atoms with Crippen molar-refractivity contribution in [2.75, 3.05) is 0 Å². The molecule has 0 bridgehead atoms. The topological polar surface area (TPSA) is 26.0 Å². The summed E-state index contributed by atoms with van der Waals surface area (Å²) in [4.78, 5) is 0. The van der Waals surface area contributed by atoms with Gasteiger partial charge in [-0.25, -0.2) is 0 Å². The Labute approximate surface area is 122 Å². The molecular formula is C17H18F3N. The largest absolute Gasteiger partial charge is 0.416 e. The van der Waals surface area contributed by atoms with Crippen molar-refractivity contribution >= 4 is 0 Å². The third-order valence-corrected chi connectivity index (χ3v) is 3.55. The van der Waals surface area contributed by atoms with Crippen LogP contribution in [0.4, 0.5) is 13.2 Å². The molecule has 0 aliphatic rings. The molecule has 0 heterocycles. The van der Waals surface area contributed by atoms with Crippen molar-refractivity contribution in [3.8, 4) is 11.1 Å². The number of halogens is 3. The van der Waals surface area contributed by atoms with Crippen molar-refractivity contribution in [3.63, 3.8) is 0 Å². The average molecular weight is 293 g/mol. The van der Waals surface area contributed by atoms with Gasteiger partial charge in [0.15, 0.2) is 0 Å². The van der Waals surface area contributed by atoms with Crippen LogP contribution in [0.5, 0.6) is 0 Å². The minimum atomic E-state index is -4.30. The lowest BCUT2D eigenvalue weighted by Gasteiger charge is -2.14. The number of alkyl halides is 3. The lowest BCUT2D eigenvalue weighted by molar-refractivity contribution is -0.137. The van der Waals surface area contributed by atoms with Gasteiger partial charge in [0, 0.05) is 6.04 Å². The summed E-state index contributed by atoms with van der Waals surface area (Å²) in [7, 11) is 0. The molecule has 0 fully saturated rings. The molecule has 1 nitrogen and oxygen atoms in total. The molecule has 1 unspecified atom stereocenters. The predicted octanol–water partition coefficient (Wildman–Crippen LogP) is 4.65. The van der Waals surface area contributed by atoms with Crippen molar-refractivity contribution in [1.29, 1.82) is 0 Å². The average Bonchev–Trinajstić information content (AvgIpc) is 2.47. The van der Waals surface area contributed by atoms with Crippen LogP contribution in [0.15, 0.2) is 48.5 Å². The first-order valence-electron chi connectivity index (χ1n) is 6.93. The van der Waals surface area contributed by atoms with E-state index < -0.39 is 11.7 Å². The highest BCUT2D eigenvalue weighted by Gasteiger charge is 2.30. The van der Waals surface area contributed by atoms with Gasteiger partial charge in [-0.3, -0.25) is 0 Å². The molecule has 0 aliphatic heterocycles. The van der Waals surface area contributed by atoms with Gasteiger partial charge in [-0.2, -0.15) is 13.2 Å². The van der Waals surface area contributed by atoms with Crippen LogP contribution in [0.3, 0.4) is 0 Å². The highest BCUT2D eigenvalue weighted by molar-refractivity contribution is 5.67. The summed E-state index contributed by atoms with van der Waals surface area (Å²) < 4.78 is 37.8. The number of rotatable bonds is 4. The van der Waals surface area contributed by atoms with Crippen molar-refractivity contribution < 1.29 is 13.2 Å². The maximum absolute atomic E-state index is 12.6. The minimum Gasteiger partial charge on any atom is -0.327 e. The molecule has 1 atom stereocenters. The quantitative estimate of drug-likeness (QED) is 0.872. The van der Waals surface area contributed by atoms with Gasteiger partial charge in [0.1, 0.15) is 0 Å². The summed E-state index contributed by atoms with van der Waals surface area (Å²) in [6, 6.07) is 13.0. The number of nitrogens with two attached hydrogens (primary N) is 1. The monoisotopic (exact) mass is 293 g/mol. The van der Waals surface area contributed by atoms with E-state index in [1.54, 1.807) is 0 Å². The van der Waals surface area contributed by atoms with Crippen LogP contribution in [0, 0.1) is 0 Å². The second-order valence-corrected chi connectivity index (χ2v) is 5.10. The normalized spacial score (nSPS) is 13.2. The van der Waals surface area contributed by atoms with Crippen molar-refractivity contribution in [1.82, 2.24) is 0 Å². The Balaban J connectivity index is 2.34. The molecular weight excluding hydrogens is 275 g/mol. The second kappa shape index (κ2) is 6.31. The zero-order valence-electron chi connectivity index (χ0n) is 11.8. The highest BCUT2D eigenvalue weighted by atomic mass is 19.4. The van der Waals surface area contributed by atoms with E-state index in [-0.39, 0.29) is 6.04 Å². The van der Waals surface area contributed by atoms with Crippen LogP contribution in [0.25, 0.3) is 11.1 Å². The second-order valence-electron chi connectivity index (χ2n) is 5.10. The maximum atomic E-state index is 12.6. The minimum absolute atomic E-state index is 0.0561. The van der Waals surface area contributed by atoms with E-state index in [4.69, 9.17) is 5.73 Å². The fraction of sp³-hybridized carbons (Fsp3) is 0.294. The van der Waals surface area contributed by atoms with E-state index in [1.165, 1.54) is 12.1 Å². The third-order valence-electron chi connectivity index (χ3n) is 3.55. The molecule has 0 amide bonds. The standard InChI is InChI=1S/C17H18F3N/c1-2-15(21)11-13-5-3-4-6-16(13)12-7-9-14(10-8-12)17(18,19)20/h3-10,15H,2,11,21H2,1H3. The van der Waals surface area contributed by atoms with E-state index in [2.05, 4.69) is 0 Å². The fourth-order valence-electron chi connectivity index (χ4n) is 2.25. The molecule has 21 heavy (non-hydrogen) atoms. The fourth-order valence-corrected chi connectivity index (χ4v) is 2.25. The van der Waals surface area contributed by atoms with E-state index >= 15 is 0 Å². The Hall–Kier alpha value is -1.81. The summed E-state index contributed by atoms with van der Waals surface area (Å²) in [6.45, 7) is 2.02. The van der Waals surface area contributed by atoms with Gasteiger partial charge in [0.2, 0.25) is 0 Å². The molecule has 0 radical (unpaired) electrons. The van der Waals surface area contributed by atoms with Crippen LogP contribution in [0.2, 0.25) is 0 Å². The number of hydrogen-bond donors (Lipinski definition) is 1. The lowest BCUT2D eigenvalue weighted by Crippen LogP contribution is -2.21. The zero-order valence-corrected chi connectivity index (χ0v) is 11.8. The smallest absolute Gasteiger partial charge is 0.327 e. The van der Waals surface area contributed by atoms with Crippen molar-refractivity contribution in [2.45, 2.75) is 32.0 Å². The number of hydrogen-bond acceptors (Lipinski definition) is 1. The lowest BCUT2D eigenvalue weighted by atomic mass is 9.94. The van der Waals surface area contributed by atoms with E-state index in [0.717, 1.165) is 35.2 Å². The molecule has 0 saturated carbocycles. The number of benzene rings is 2. The van der Waals surface area contributed by atoms with Crippen LogP contribution >= 0.6 is 0 Å². The van der Waals surface area contributed by atoms with E-state index in [0.29, 0.717) is 6.42 Å². The molecule has 0 aliphatic carbocycles. The van der Waals surface area contributed by atoms with Crippen molar-refractivity contribution in [2.24, 2.45) is 5.73 Å². The summed E-state index contributed by atoms with van der Waals surface area (Å²) in [6.07, 6.45) is -2.72. The Kier molecular flexibility index (Phi) is 4.68. The van der Waals surface area contributed by atoms with Crippen LogP contribution < -0.4 is 5.73 Å². The predicted molar refractivity (Wildman–Crippen MR) is 78.9 cm³/mol. The summed E-state index contributed by atoms with van der Waals surface area (Å²) in [5.41, 5.74) is 8.13. The Morgan fingerprint density at radius 1 is 1.00 bits per heavy atom. The first kappa shape index (κ1) is 15.6. The molecule has 4 heteroatoms. The summed E-state index contributed by atoms with van der Waals surface area (Å²) in [5, 5.41) is 0. The zero-order chi connectivity index (χ0) is 15.5. The van der Waals surface area contributed by atoms with Crippen molar-refractivity contribution in [3.05, 3.63) is 59.7 Å². The summed E-state index contributed by atoms with van der Waals surface area (Å²) >= 11 is 0. The molecule has 2 aromatic carbocycles. The van der Waals surface area contributed by atoms with Gasteiger partial charge in [0.05, 0.1) is 5.56 Å². The Morgan fingerprint density at radius 3 is 2.19 bits per heavy atom. The van der Waals surface area contributed by atoms with E-state index in [9.17, 15) is 13.2 Å². The Morgan fingerprint density at radius 2 is 1.62 bits per heavy atom. The van der Waals surface area contributed by atoms with Gasteiger partial charge in [-0.05, 0) is 41.7 Å². The highest BCUT2D eigenvalue weighted by Crippen LogP contribution is 2.32. The van der Waals surface area contributed by atoms with Gasteiger partial charge >= 0.3 is 6.18 Å². The molecule has 2 rings (SSSR count). The first-order valence-corrected chi connectivity index (χ1v) is 6.93. The Bertz CT molecular complexity index is 588. The van der Waals surface area contributed by atoms with E-state index in [1.807, 2.05) is 31.2 Å². The molecule has 2 N–H and O–H groups in total. The molecule has 0 spiro atoms. The summed E-state index contributed by atoms with van der Waals surface area (Å²) in [5.74, 6) is 0. The van der Waals surface area contributed by atoms with Gasteiger partial charge in [-0.1, -0.05) is 43.3 Å². The van der Waals surface area contributed by atoms with Gasteiger partial charge in [0.25, 0.3) is 0 Å². The van der Waals surface area contributed by atoms with Crippen LogP contribution in [0.1, 0.15) is 24.5 Å². The molecule has 2 aromatic rings. The molecule has 0 aromatic heterocycles.